The van der Waals surface area contributed by atoms with Gasteiger partial charge in [-0.05, 0) is 24.3 Å². The van der Waals surface area contributed by atoms with E-state index >= 15 is 0 Å². The fourth-order valence-electron chi connectivity index (χ4n) is 3.82. The Bertz CT molecular complexity index is 1170. The van der Waals surface area contributed by atoms with Gasteiger partial charge in [-0.25, -0.2) is 9.37 Å². The highest BCUT2D eigenvalue weighted by molar-refractivity contribution is 6.18. The summed E-state index contributed by atoms with van der Waals surface area (Å²) in [6.45, 7) is 0.526. The molecule has 0 aliphatic carbocycles. The molecule has 1 atom stereocenters. The van der Waals surface area contributed by atoms with Gasteiger partial charge in [-0.3, -0.25) is 9.78 Å². The largest absolute Gasteiger partial charge is 0.489 e. The minimum absolute atomic E-state index is 0.0876. The lowest BCUT2D eigenvalue weighted by atomic mass is 10.0. The maximum absolute atomic E-state index is 13.6. The number of amides is 1. The third kappa shape index (κ3) is 4.45. The van der Waals surface area contributed by atoms with E-state index in [-0.39, 0.29) is 23.8 Å². The number of hydrogen-bond acceptors (Lipinski definition) is 7. The van der Waals surface area contributed by atoms with Crippen molar-refractivity contribution in [1.82, 2.24) is 19.9 Å². The van der Waals surface area contributed by atoms with Crippen LogP contribution in [0.4, 0.5) is 15.8 Å². The third-order valence-corrected chi connectivity index (χ3v) is 5.61. The van der Waals surface area contributed by atoms with Crippen LogP contribution in [-0.2, 0) is 11.2 Å². The number of rotatable bonds is 6. The number of carbonyl (C=O) groups excluding carboxylic acids is 1. The Morgan fingerprint density at radius 1 is 1.33 bits per heavy atom. The second-order valence-electron chi connectivity index (χ2n) is 7.90. The van der Waals surface area contributed by atoms with Crippen molar-refractivity contribution < 1.29 is 13.9 Å². The smallest absolute Gasteiger partial charge is 0.258 e. The molecule has 9 nitrogen and oxygen atoms in total. The molecule has 4 rings (SSSR count). The Morgan fingerprint density at radius 3 is 2.82 bits per heavy atom. The van der Waals surface area contributed by atoms with Crippen molar-refractivity contribution in [1.29, 1.82) is 0 Å². The molecular weight excluding hydrogens is 425 g/mol. The zero-order valence-electron chi connectivity index (χ0n) is 18.5. The molecule has 0 radical (unpaired) electrons. The molecule has 0 spiro atoms. The lowest BCUT2D eigenvalue weighted by Crippen LogP contribution is -2.43. The summed E-state index contributed by atoms with van der Waals surface area (Å²) in [4.78, 5) is 29.1. The molecule has 3 aromatic rings. The molecule has 1 amide bonds. The van der Waals surface area contributed by atoms with Crippen molar-refractivity contribution in [3.63, 3.8) is 0 Å². The molecule has 1 aromatic carbocycles. The predicted molar refractivity (Wildman–Crippen MR) is 124 cm³/mol. The maximum atomic E-state index is 13.6. The molecule has 1 aliphatic heterocycles. The topological polar surface area (TPSA) is 126 Å². The molecular formula is C23H26FN7O2. The molecule has 1 aliphatic rings. The van der Waals surface area contributed by atoms with Crippen molar-refractivity contribution in [2.75, 3.05) is 37.9 Å². The number of nitrogens with one attached hydrogen (secondary N) is 1. The Morgan fingerprint density at radius 2 is 2.15 bits per heavy atom. The number of halogens is 1. The molecule has 0 saturated heterocycles. The van der Waals surface area contributed by atoms with Gasteiger partial charge in [0.2, 0.25) is 0 Å². The van der Waals surface area contributed by atoms with Crippen LogP contribution in [0, 0.1) is 5.82 Å². The Labute approximate surface area is 190 Å². The quantitative estimate of drug-likeness (QED) is 0.387. The van der Waals surface area contributed by atoms with Gasteiger partial charge < -0.3 is 31.0 Å². The first kappa shape index (κ1) is 22.1. The molecule has 0 bridgehead atoms. The summed E-state index contributed by atoms with van der Waals surface area (Å²) in [6, 6.07) is 7.07. The van der Waals surface area contributed by atoms with Gasteiger partial charge in [0.15, 0.2) is 0 Å². The highest BCUT2D eigenvalue weighted by Crippen LogP contribution is 2.32. The number of carbonyl (C=O) groups is 1. The van der Waals surface area contributed by atoms with Crippen LogP contribution >= 0.6 is 0 Å². The van der Waals surface area contributed by atoms with E-state index in [9.17, 15) is 9.18 Å². The summed E-state index contributed by atoms with van der Waals surface area (Å²) in [6.07, 6.45) is 5.17. The molecule has 5 N–H and O–H groups in total. The fourth-order valence-corrected chi connectivity index (χ4v) is 3.82. The fraction of sp³-hybridized carbons (Fsp3) is 0.261. The van der Waals surface area contributed by atoms with E-state index in [1.807, 2.05) is 25.1 Å². The minimum atomic E-state index is -0.493. The molecule has 0 fully saturated rings. The first-order valence-corrected chi connectivity index (χ1v) is 10.5. The van der Waals surface area contributed by atoms with Crippen molar-refractivity contribution in [2.24, 2.45) is 5.73 Å². The second kappa shape index (κ2) is 9.19. The summed E-state index contributed by atoms with van der Waals surface area (Å²) in [5.41, 5.74) is 15.2. The highest BCUT2D eigenvalue weighted by Gasteiger charge is 2.35. The Hall–Kier alpha value is -4.08. The standard InChI is InChI=1S/C23H26FN7O2/c1-30(2)15-4-5-18(27-11-15)16(10-25)23(32)31-8-7-19-22(29-13-28-19)20(31)12-33-21-6-3-14(24)9-17(21)26/h3-6,9-11,13,20H,7-8,12,25-26H2,1-2H3,(H,28,29). The predicted octanol–water partition coefficient (Wildman–Crippen LogP) is 2.10. The number of aromatic nitrogens is 3. The van der Waals surface area contributed by atoms with E-state index in [4.69, 9.17) is 16.2 Å². The molecule has 2 aromatic heterocycles. The van der Waals surface area contributed by atoms with Gasteiger partial charge in [0.1, 0.15) is 24.2 Å². The monoisotopic (exact) mass is 451 g/mol. The number of nitrogen functional groups attached to an aromatic ring is 1. The van der Waals surface area contributed by atoms with Crippen LogP contribution < -0.4 is 21.1 Å². The van der Waals surface area contributed by atoms with Crippen LogP contribution in [0.15, 0.2) is 49.1 Å². The summed E-state index contributed by atoms with van der Waals surface area (Å²) < 4.78 is 19.3. The number of nitrogens with zero attached hydrogens (tertiary/aromatic N) is 4. The number of aromatic amines is 1. The minimum Gasteiger partial charge on any atom is -0.489 e. The summed E-state index contributed by atoms with van der Waals surface area (Å²) >= 11 is 0. The van der Waals surface area contributed by atoms with Crippen LogP contribution in [0.5, 0.6) is 5.75 Å². The molecule has 33 heavy (non-hydrogen) atoms. The van der Waals surface area contributed by atoms with Gasteiger partial charge >= 0.3 is 0 Å². The van der Waals surface area contributed by atoms with Crippen molar-refractivity contribution in [2.45, 2.75) is 12.5 Å². The Kier molecular flexibility index (Phi) is 6.16. The van der Waals surface area contributed by atoms with Gasteiger partial charge in [0.05, 0.1) is 40.9 Å². The molecule has 10 heteroatoms. The van der Waals surface area contributed by atoms with Gasteiger partial charge in [-0.2, -0.15) is 0 Å². The average molecular weight is 452 g/mol. The van der Waals surface area contributed by atoms with Crippen LogP contribution in [0.3, 0.4) is 0 Å². The van der Waals surface area contributed by atoms with Crippen molar-refractivity contribution >= 4 is 22.9 Å². The average Bonchev–Trinajstić information content (AvgIpc) is 3.28. The van der Waals surface area contributed by atoms with E-state index in [1.165, 1.54) is 24.4 Å². The number of ether oxygens (including phenoxy) is 1. The van der Waals surface area contributed by atoms with E-state index in [0.29, 0.717) is 30.1 Å². The first-order valence-electron chi connectivity index (χ1n) is 10.5. The number of hydrogen-bond donors (Lipinski definition) is 3. The van der Waals surface area contributed by atoms with Gasteiger partial charge in [0, 0.05) is 45.0 Å². The van der Waals surface area contributed by atoms with E-state index in [0.717, 1.165) is 11.4 Å². The molecule has 1 unspecified atom stereocenters. The van der Waals surface area contributed by atoms with Crippen LogP contribution in [-0.4, -0.2) is 53.0 Å². The molecule has 0 saturated carbocycles. The zero-order valence-corrected chi connectivity index (χ0v) is 18.5. The summed E-state index contributed by atoms with van der Waals surface area (Å²) in [5.74, 6) is -0.395. The van der Waals surface area contributed by atoms with Crippen LogP contribution in [0.25, 0.3) is 5.57 Å². The lowest BCUT2D eigenvalue weighted by molar-refractivity contribution is -0.128. The van der Waals surface area contributed by atoms with Crippen LogP contribution in [0.2, 0.25) is 0 Å². The lowest BCUT2D eigenvalue weighted by Gasteiger charge is -2.35. The number of anilines is 2. The summed E-state index contributed by atoms with van der Waals surface area (Å²) in [7, 11) is 3.82. The van der Waals surface area contributed by atoms with Crippen LogP contribution in [0.1, 0.15) is 23.1 Å². The van der Waals surface area contributed by atoms with Gasteiger partial charge in [-0.15, -0.1) is 0 Å². The maximum Gasteiger partial charge on any atom is 0.258 e. The van der Waals surface area contributed by atoms with E-state index < -0.39 is 11.9 Å². The van der Waals surface area contributed by atoms with Crippen molar-refractivity contribution in [3.05, 3.63) is 72.0 Å². The third-order valence-electron chi connectivity index (χ3n) is 5.61. The summed E-state index contributed by atoms with van der Waals surface area (Å²) in [5, 5.41) is 0. The van der Waals surface area contributed by atoms with Gasteiger partial charge in [-0.1, -0.05) is 0 Å². The normalized spacial score (nSPS) is 15.8. The van der Waals surface area contributed by atoms with Crippen molar-refractivity contribution in [3.8, 4) is 5.75 Å². The van der Waals surface area contributed by atoms with E-state index in [2.05, 4.69) is 15.0 Å². The zero-order chi connectivity index (χ0) is 23.5. The number of imidazole rings is 1. The number of benzene rings is 1. The molecule has 3 heterocycles. The number of nitrogens with two attached hydrogens (primary N) is 2. The van der Waals surface area contributed by atoms with Gasteiger partial charge in [0.25, 0.3) is 5.91 Å². The SMILES string of the molecule is CN(C)c1ccc(C(=CN)C(=O)N2CCc3[nH]cnc3C2COc2ccc(F)cc2N)nc1. The van der Waals surface area contributed by atoms with E-state index in [1.54, 1.807) is 23.5 Å². The highest BCUT2D eigenvalue weighted by atomic mass is 19.1. The first-order chi connectivity index (χ1) is 15.9. The second-order valence-corrected chi connectivity index (χ2v) is 7.90. The molecule has 172 valence electrons. The number of H-pyrrole nitrogens is 1. The Balaban J connectivity index is 1.60. The number of fused-ring (bicyclic) bond motifs is 1. The number of pyridine rings is 1.